The fourth-order valence-corrected chi connectivity index (χ4v) is 3.61. The van der Waals surface area contributed by atoms with Crippen molar-refractivity contribution in [3.05, 3.63) is 64.9 Å². The largest absolute Gasteiger partial charge is 0.443 e. The molecule has 4 rings (SSSR count). The second kappa shape index (κ2) is 7.16. The quantitative estimate of drug-likeness (QED) is 0.484. The van der Waals surface area contributed by atoms with Gasteiger partial charge < -0.3 is 14.6 Å². The standard InChI is InChI=1S/C19H15F3N4OS/c1-23-12-5-7-24-17(9-12)27-16-4-2-3-15-14(16)6-8-26(15)11-13-10-25-18(28-13)19(20,21)22/h2-10H,11H2,1H3,(H,23,24). The fourth-order valence-electron chi connectivity index (χ4n) is 2.84. The van der Waals surface area contributed by atoms with Gasteiger partial charge in [-0.05, 0) is 24.3 Å². The molecule has 0 aliphatic heterocycles. The van der Waals surface area contributed by atoms with Crippen LogP contribution < -0.4 is 10.1 Å². The van der Waals surface area contributed by atoms with Gasteiger partial charge in [-0.25, -0.2) is 9.97 Å². The molecule has 28 heavy (non-hydrogen) atoms. The topological polar surface area (TPSA) is 52.0 Å². The molecule has 0 aliphatic carbocycles. The van der Waals surface area contributed by atoms with E-state index in [1.807, 2.05) is 48.1 Å². The van der Waals surface area contributed by atoms with E-state index in [1.165, 1.54) is 6.20 Å². The second-order valence-corrected chi connectivity index (χ2v) is 7.11. The number of halogens is 3. The maximum Gasteiger partial charge on any atom is 0.443 e. The minimum absolute atomic E-state index is 0.300. The highest BCUT2D eigenvalue weighted by Crippen LogP contribution is 2.34. The first kappa shape index (κ1) is 18.3. The minimum Gasteiger partial charge on any atom is -0.438 e. The van der Waals surface area contributed by atoms with Crippen molar-refractivity contribution in [2.24, 2.45) is 0 Å². The number of hydrogen-bond donors (Lipinski definition) is 1. The van der Waals surface area contributed by atoms with E-state index in [0.717, 1.165) is 16.6 Å². The van der Waals surface area contributed by atoms with E-state index in [4.69, 9.17) is 4.74 Å². The van der Waals surface area contributed by atoms with Gasteiger partial charge in [0, 0.05) is 47.7 Å². The average Bonchev–Trinajstić information content (AvgIpc) is 3.30. The Morgan fingerprint density at radius 1 is 1.18 bits per heavy atom. The lowest BCUT2D eigenvalue weighted by Crippen LogP contribution is -2.02. The fraction of sp³-hybridized carbons (Fsp3) is 0.158. The minimum atomic E-state index is -4.42. The number of anilines is 1. The van der Waals surface area contributed by atoms with Crippen LogP contribution in [0.15, 0.2) is 55.0 Å². The molecular formula is C19H15F3N4OS. The van der Waals surface area contributed by atoms with Crippen LogP contribution in [0.3, 0.4) is 0 Å². The molecule has 4 aromatic rings. The molecule has 0 amide bonds. The van der Waals surface area contributed by atoms with Crippen molar-refractivity contribution in [3.63, 3.8) is 0 Å². The molecule has 0 aliphatic rings. The molecule has 0 bridgehead atoms. The van der Waals surface area contributed by atoms with E-state index in [0.29, 0.717) is 34.4 Å². The molecule has 9 heteroatoms. The van der Waals surface area contributed by atoms with Crippen LogP contribution in [0.2, 0.25) is 0 Å². The van der Waals surface area contributed by atoms with Crippen LogP contribution >= 0.6 is 11.3 Å². The van der Waals surface area contributed by atoms with Crippen molar-refractivity contribution < 1.29 is 17.9 Å². The Hall–Kier alpha value is -3.07. The van der Waals surface area contributed by atoms with Crippen LogP contribution in [-0.4, -0.2) is 21.6 Å². The Kier molecular flexibility index (Phi) is 4.68. The van der Waals surface area contributed by atoms with Gasteiger partial charge in [0.05, 0.1) is 12.1 Å². The highest BCUT2D eigenvalue weighted by Gasteiger charge is 2.34. The van der Waals surface area contributed by atoms with Gasteiger partial charge >= 0.3 is 6.18 Å². The molecule has 3 heterocycles. The van der Waals surface area contributed by atoms with E-state index in [9.17, 15) is 13.2 Å². The monoisotopic (exact) mass is 404 g/mol. The number of aromatic nitrogens is 3. The number of ether oxygens (including phenoxy) is 1. The van der Waals surface area contributed by atoms with Crippen molar-refractivity contribution in [1.82, 2.24) is 14.5 Å². The van der Waals surface area contributed by atoms with Crippen molar-refractivity contribution in [1.29, 1.82) is 0 Å². The summed E-state index contributed by atoms with van der Waals surface area (Å²) in [7, 11) is 1.81. The smallest absolute Gasteiger partial charge is 0.438 e. The third kappa shape index (κ3) is 3.65. The molecule has 1 N–H and O–H groups in total. The number of hydrogen-bond acceptors (Lipinski definition) is 5. The van der Waals surface area contributed by atoms with Gasteiger partial charge in [-0.3, -0.25) is 0 Å². The third-order valence-corrected chi connectivity index (χ3v) is 5.16. The molecule has 0 atom stereocenters. The highest BCUT2D eigenvalue weighted by atomic mass is 32.1. The molecule has 3 aromatic heterocycles. The summed E-state index contributed by atoms with van der Waals surface area (Å²) in [4.78, 5) is 8.21. The van der Waals surface area contributed by atoms with E-state index in [-0.39, 0.29) is 0 Å². The number of benzene rings is 1. The van der Waals surface area contributed by atoms with Crippen molar-refractivity contribution in [3.8, 4) is 11.6 Å². The molecule has 0 saturated carbocycles. The Morgan fingerprint density at radius 2 is 2.04 bits per heavy atom. The van der Waals surface area contributed by atoms with Crippen molar-refractivity contribution in [2.75, 3.05) is 12.4 Å². The molecule has 0 spiro atoms. The third-order valence-electron chi connectivity index (χ3n) is 4.13. The van der Waals surface area contributed by atoms with Crippen LogP contribution in [0.25, 0.3) is 10.9 Å². The van der Waals surface area contributed by atoms with Gasteiger partial charge in [-0.2, -0.15) is 13.2 Å². The molecule has 5 nitrogen and oxygen atoms in total. The van der Waals surface area contributed by atoms with E-state index in [1.54, 1.807) is 12.3 Å². The number of alkyl halides is 3. The van der Waals surface area contributed by atoms with E-state index < -0.39 is 11.2 Å². The molecule has 0 fully saturated rings. The summed E-state index contributed by atoms with van der Waals surface area (Å²) in [6.45, 7) is 0.300. The van der Waals surface area contributed by atoms with Gasteiger partial charge in [0.25, 0.3) is 0 Å². The number of nitrogens with zero attached hydrogens (tertiary/aromatic N) is 3. The first-order valence-corrected chi connectivity index (χ1v) is 9.17. The molecular weight excluding hydrogens is 389 g/mol. The molecule has 0 radical (unpaired) electrons. The summed E-state index contributed by atoms with van der Waals surface area (Å²) in [6, 6.07) is 11.0. The zero-order chi connectivity index (χ0) is 19.7. The van der Waals surface area contributed by atoms with Gasteiger partial charge in [0.2, 0.25) is 5.88 Å². The van der Waals surface area contributed by atoms with Crippen LogP contribution in [0.5, 0.6) is 11.6 Å². The lowest BCUT2D eigenvalue weighted by molar-refractivity contribution is -0.137. The summed E-state index contributed by atoms with van der Waals surface area (Å²) in [5.41, 5.74) is 1.73. The Morgan fingerprint density at radius 3 is 2.79 bits per heavy atom. The first-order valence-electron chi connectivity index (χ1n) is 8.35. The van der Waals surface area contributed by atoms with Gasteiger partial charge in [0.1, 0.15) is 5.75 Å². The number of fused-ring (bicyclic) bond motifs is 1. The molecule has 144 valence electrons. The van der Waals surface area contributed by atoms with E-state index in [2.05, 4.69) is 15.3 Å². The van der Waals surface area contributed by atoms with Crippen molar-refractivity contribution in [2.45, 2.75) is 12.7 Å². The van der Waals surface area contributed by atoms with Crippen LogP contribution in [-0.2, 0) is 12.7 Å². The predicted octanol–water partition coefficient (Wildman–Crippen LogP) is 5.39. The summed E-state index contributed by atoms with van der Waals surface area (Å²) in [5, 5.41) is 3.04. The number of pyridine rings is 1. The average molecular weight is 404 g/mol. The Balaban J connectivity index is 1.62. The van der Waals surface area contributed by atoms with Crippen LogP contribution in [0.4, 0.5) is 18.9 Å². The highest BCUT2D eigenvalue weighted by molar-refractivity contribution is 7.11. The lowest BCUT2D eigenvalue weighted by atomic mass is 10.2. The second-order valence-electron chi connectivity index (χ2n) is 6.00. The molecule has 0 saturated heterocycles. The van der Waals surface area contributed by atoms with Crippen LogP contribution in [0, 0.1) is 0 Å². The van der Waals surface area contributed by atoms with Crippen LogP contribution in [0.1, 0.15) is 9.88 Å². The van der Waals surface area contributed by atoms with Gasteiger partial charge in [-0.1, -0.05) is 6.07 Å². The molecule has 1 aromatic carbocycles. The van der Waals surface area contributed by atoms with Gasteiger partial charge in [-0.15, -0.1) is 11.3 Å². The Labute approximate surface area is 162 Å². The summed E-state index contributed by atoms with van der Waals surface area (Å²) in [6.07, 6.45) is 0.320. The SMILES string of the molecule is CNc1ccnc(Oc2cccc3c2ccn3Cc2cnc(C(F)(F)F)s2)c1. The zero-order valence-electron chi connectivity index (χ0n) is 14.7. The summed E-state index contributed by atoms with van der Waals surface area (Å²) in [5.74, 6) is 1.07. The maximum absolute atomic E-state index is 12.8. The first-order chi connectivity index (χ1) is 13.4. The lowest BCUT2D eigenvalue weighted by Gasteiger charge is -2.09. The Bertz CT molecular complexity index is 1120. The molecule has 0 unspecified atom stereocenters. The number of nitrogens with one attached hydrogen (secondary N) is 1. The van der Waals surface area contributed by atoms with Crippen molar-refractivity contribution >= 4 is 27.9 Å². The normalized spacial score (nSPS) is 11.7. The summed E-state index contributed by atoms with van der Waals surface area (Å²) < 4.78 is 46.1. The zero-order valence-corrected chi connectivity index (χ0v) is 15.5. The number of rotatable bonds is 5. The van der Waals surface area contributed by atoms with Gasteiger partial charge in [0.15, 0.2) is 5.01 Å². The predicted molar refractivity (Wildman–Crippen MR) is 102 cm³/mol. The maximum atomic E-state index is 12.8. The number of thiazole rings is 1. The van der Waals surface area contributed by atoms with E-state index >= 15 is 0 Å². The summed E-state index contributed by atoms with van der Waals surface area (Å²) >= 11 is 0.652.